The predicted molar refractivity (Wildman–Crippen MR) is 54.9 cm³/mol. The van der Waals surface area contributed by atoms with Crippen molar-refractivity contribution in [2.75, 3.05) is 13.2 Å². The topological polar surface area (TPSA) is 86.7 Å². The molecule has 0 aromatic heterocycles. The zero-order valence-corrected chi connectivity index (χ0v) is 9.73. The smallest absolute Gasteiger partial charge is 0.317 e. The van der Waals surface area contributed by atoms with Gasteiger partial charge in [0.25, 0.3) is 0 Å². The van der Waals surface area contributed by atoms with Crippen LogP contribution in [0.5, 0.6) is 0 Å². The van der Waals surface area contributed by atoms with Crippen LogP contribution in [0.4, 0.5) is 0 Å². The van der Waals surface area contributed by atoms with Gasteiger partial charge in [0.15, 0.2) is 0 Å². The minimum atomic E-state index is -1.16. The van der Waals surface area contributed by atoms with E-state index < -0.39 is 35.3 Å². The molecule has 2 atom stereocenters. The van der Waals surface area contributed by atoms with Crippen molar-refractivity contribution >= 4 is 23.5 Å². The number of ketones is 2. The molecule has 0 unspecified atom stereocenters. The Balaban J connectivity index is 2.75. The number of hydrogen-bond acceptors (Lipinski definition) is 6. The Hall–Kier alpha value is -1.72. The van der Waals surface area contributed by atoms with Gasteiger partial charge in [0.1, 0.15) is 11.8 Å². The third-order valence-electron chi connectivity index (χ3n) is 2.49. The Kier molecular flexibility index (Phi) is 4.37. The molecule has 0 saturated heterocycles. The molecule has 17 heavy (non-hydrogen) atoms. The maximum Gasteiger partial charge on any atom is 0.317 e. The van der Waals surface area contributed by atoms with Gasteiger partial charge in [-0.25, -0.2) is 0 Å². The summed E-state index contributed by atoms with van der Waals surface area (Å²) in [4.78, 5) is 45.7. The molecule has 0 aliphatic heterocycles. The minimum Gasteiger partial charge on any atom is -0.465 e. The van der Waals surface area contributed by atoms with Gasteiger partial charge in [0.2, 0.25) is 11.6 Å². The molecule has 0 radical (unpaired) electrons. The van der Waals surface area contributed by atoms with E-state index in [1.807, 2.05) is 0 Å². The molecule has 0 N–H and O–H groups in total. The van der Waals surface area contributed by atoms with Gasteiger partial charge in [-0.05, 0) is 20.3 Å². The normalized spacial score (nSPS) is 23.6. The highest BCUT2D eigenvalue weighted by molar-refractivity contribution is 6.46. The number of esters is 2. The van der Waals surface area contributed by atoms with Crippen molar-refractivity contribution in [2.24, 2.45) is 11.8 Å². The summed E-state index contributed by atoms with van der Waals surface area (Å²) in [5.74, 6) is -5.54. The molecule has 1 fully saturated rings. The van der Waals surface area contributed by atoms with Gasteiger partial charge >= 0.3 is 11.9 Å². The van der Waals surface area contributed by atoms with Crippen LogP contribution < -0.4 is 0 Å². The van der Waals surface area contributed by atoms with Crippen molar-refractivity contribution in [3.05, 3.63) is 0 Å². The molecular weight excluding hydrogens is 228 g/mol. The molecule has 94 valence electrons. The van der Waals surface area contributed by atoms with Crippen LogP contribution in [0.25, 0.3) is 0 Å². The fourth-order valence-electron chi connectivity index (χ4n) is 1.69. The van der Waals surface area contributed by atoms with E-state index in [0.29, 0.717) is 0 Å². The second-order valence-corrected chi connectivity index (χ2v) is 3.57. The molecule has 1 aliphatic carbocycles. The molecule has 6 heteroatoms. The lowest BCUT2D eigenvalue weighted by Gasteiger charge is -2.07. The van der Waals surface area contributed by atoms with Gasteiger partial charge < -0.3 is 9.47 Å². The number of ether oxygens (including phenoxy) is 2. The first kappa shape index (κ1) is 13.3. The third kappa shape index (κ3) is 2.69. The van der Waals surface area contributed by atoms with Crippen molar-refractivity contribution in [1.82, 2.24) is 0 Å². The van der Waals surface area contributed by atoms with E-state index in [9.17, 15) is 19.2 Å². The van der Waals surface area contributed by atoms with Crippen LogP contribution in [0.2, 0.25) is 0 Å². The van der Waals surface area contributed by atoms with E-state index in [2.05, 4.69) is 9.47 Å². The first-order chi connectivity index (χ1) is 8.02. The van der Waals surface area contributed by atoms with E-state index >= 15 is 0 Å². The Labute approximate surface area is 98.3 Å². The number of carbonyl (C=O) groups excluding carboxylic acids is 4. The number of hydrogen-bond donors (Lipinski definition) is 0. The van der Waals surface area contributed by atoms with Crippen molar-refractivity contribution in [1.29, 1.82) is 0 Å². The maximum atomic E-state index is 11.5. The summed E-state index contributed by atoms with van der Waals surface area (Å²) < 4.78 is 9.34. The number of Topliss-reactive ketones (excluding diaryl/α,β-unsaturated/α-hetero) is 2. The second-order valence-electron chi connectivity index (χ2n) is 3.57. The second kappa shape index (κ2) is 5.56. The van der Waals surface area contributed by atoms with E-state index in [-0.39, 0.29) is 19.6 Å². The molecule has 0 aromatic carbocycles. The van der Waals surface area contributed by atoms with Crippen LogP contribution >= 0.6 is 0 Å². The summed E-state index contributed by atoms with van der Waals surface area (Å²) in [7, 11) is 0. The highest BCUT2D eigenvalue weighted by Gasteiger charge is 2.49. The number of carbonyl (C=O) groups is 4. The Morgan fingerprint density at radius 2 is 1.35 bits per heavy atom. The zero-order chi connectivity index (χ0) is 13.0. The third-order valence-corrected chi connectivity index (χ3v) is 2.49. The average Bonchev–Trinajstić information content (AvgIpc) is 2.57. The molecule has 6 nitrogen and oxygen atoms in total. The summed E-state index contributed by atoms with van der Waals surface area (Å²) in [6.45, 7) is 3.45. The Morgan fingerprint density at radius 3 is 1.65 bits per heavy atom. The molecule has 1 saturated carbocycles. The van der Waals surface area contributed by atoms with Crippen molar-refractivity contribution < 1.29 is 28.7 Å². The van der Waals surface area contributed by atoms with E-state index in [1.165, 1.54) is 0 Å². The molecule has 0 aromatic rings. The summed E-state index contributed by atoms with van der Waals surface area (Å²) in [6, 6.07) is 0. The molecule has 0 bridgehead atoms. The first-order valence-corrected chi connectivity index (χ1v) is 5.44. The van der Waals surface area contributed by atoms with Crippen LogP contribution in [-0.2, 0) is 28.7 Å². The van der Waals surface area contributed by atoms with Crippen molar-refractivity contribution in [3.8, 4) is 0 Å². The van der Waals surface area contributed by atoms with Crippen LogP contribution in [-0.4, -0.2) is 36.7 Å². The quantitative estimate of drug-likeness (QED) is 0.388. The molecule has 0 amide bonds. The maximum absolute atomic E-state index is 11.5. The fourth-order valence-corrected chi connectivity index (χ4v) is 1.69. The van der Waals surface area contributed by atoms with E-state index in [1.54, 1.807) is 13.8 Å². The van der Waals surface area contributed by atoms with Gasteiger partial charge in [-0.2, -0.15) is 0 Å². The lowest BCUT2D eigenvalue weighted by Crippen LogP contribution is -2.25. The highest BCUT2D eigenvalue weighted by atomic mass is 16.5. The molecule has 0 heterocycles. The zero-order valence-electron chi connectivity index (χ0n) is 9.73. The lowest BCUT2D eigenvalue weighted by atomic mass is 10.1. The Bertz CT molecular complexity index is 325. The van der Waals surface area contributed by atoms with Crippen molar-refractivity contribution in [3.63, 3.8) is 0 Å². The van der Waals surface area contributed by atoms with Crippen LogP contribution in [0.3, 0.4) is 0 Å². The average molecular weight is 242 g/mol. The monoisotopic (exact) mass is 242 g/mol. The van der Waals surface area contributed by atoms with Crippen molar-refractivity contribution in [2.45, 2.75) is 20.3 Å². The van der Waals surface area contributed by atoms with Gasteiger partial charge in [-0.1, -0.05) is 0 Å². The van der Waals surface area contributed by atoms with E-state index in [0.717, 1.165) is 0 Å². The standard InChI is InChI=1S/C11H14O6/c1-3-16-10(14)6-5-7(9(13)8(6)12)11(15)17-4-2/h6-7H,3-5H2,1-2H3/t6-,7-/m1/s1. The number of rotatable bonds is 4. The fraction of sp³-hybridized carbons (Fsp3) is 0.636. The first-order valence-electron chi connectivity index (χ1n) is 5.44. The summed E-state index contributed by atoms with van der Waals surface area (Å²) >= 11 is 0. The Morgan fingerprint density at radius 1 is 1.00 bits per heavy atom. The highest BCUT2D eigenvalue weighted by Crippen LogP contribution is 2.27. The summed E-state index contributed by atoms with van der Waals surface area (Å²) in [5, 5.41) is 0. The SMILES string of the molecule is CCOC(=O)[C@@H]1C[C@@H](C(=O)OCC)C(=O)C1=O. The van der Waals surface area contributed by atoms with Gasteiger partial charge in [-0.15, -0.1) is 0 Å². The van der Waals surface area contributed by atoms with Crippen LogP contribution in [0.1, 0.15) is 20.3 Å². The molecule has 0 spiro atoms. The molecule has 1 aliphatic rings. The van der Waals surface area contributed by atoms with Gasteiger partial charge in [0.05, 0.1) is 13.2 Å². The predicted octanol–water partition coefficient (Wildman–Crippen LogP) is -0.113. The van der Waals surface area contributed by atoms with Gasteiger partial charge in [0, 0.05) is 0 Å². The summed E-state index contributed by atoms with van der Waals surface area (Å²) in [5.41, 5.74) is 0. The van der Waals surface area contributed by atoms with E-state index in [4.69, 9.17) is 0 Å². The summed E-state index contributed by atoms with van der Waals surface area (Å²) in [6.07, 6.45) is -0.144. The van der Waals surface area contributed by atoms with Crippen LogP contribution in [0, 0.1) is 11.8 Å². The lowest BCUT2D eigenvalue weighted by molar-refractivity contribution is -0.153. The van der Waals surface area contributed by atoms with Crippen LogP contribution in [0.15, 0.2) is 0 Å². The minimum absolute atomic E-state index is 0.126. The molecular formula is C11H14O6. The molecule has 1 rings (SSSR count). The van der Waals surface area contributed by atoms with Gasteiger partial charge in [-0.3, -0.25) is 19.2 Å². The largest absolute Gasteiger partial charge is 0.465 e.